The average molecular weight is 1080 g/mol. The SMILES string of the molecule is [2H]C([2H])([2H])C(c1cc(-c2nc3c(-c4[c-]c(-c5cc(-c6ccc(C(C)(C)C)cc6)ccn5)cc(C(C)(C)C)c4)cccc3n2-c2ccc(-c3ccccc3)cc2C(C)(C)C)c(O)c(C(C([2H])([2H])[2H])(C([2H])([2H])[2H])C([2H])([2H])[2H])c1)(C([2H])([2H])[2H])C([2H])([2H])[2H].[Pt]. The zero-order valence-electron chi connectivity index (χ0n) is 57.3. The number of phenolic OH excluding ortho intramolecular Hbond substituents is 1. The van der Waals surface area contributed by atoms with E-state index >= 15 is 0 Å². The second-order valence-corrected chi connectivity index (χ2v) is 20.4. The van der Waals surface area contributed by atoms with Crippen LogP contribution >= 0.6 is 0 Å². The summed E-state index contributed by atoms with van der Waals surface area (Å²) in [6.07, 6.45) is 1.72. The standard InChI is InChI=1S/C62H68N3O.Pt/c1-58(2,3)45-27-24-40(25-28-45)42-30-31-63-52(36-42)44-32-43(33-46(34-44)59(4,5)6)48-22-19-23-54-55(48)64-57(49-37-47(60(7,8)9)38-51(56(49)66)62(13,14)15)65(54)53-29-26-41(35-50(53)61(10,11)12)39-20-17-16-18-21-39;/h16-31,33-38,66H,1-15H3;/q-1;/i7D3,8D3,9D3,13D3,14D3,15D3;. The molecule has 0 radical (unpaired) electrons. The summed E-state index contributed by atoms with van der Waals surface area (Å²) < 4.78 is 160. The smallest absolute Gasteiger partial charge is 0.148 e. The Morgan fingerprint density at radius 1 is 0.507 bits per heavy atom. The fourth-order valence-electron chi connectivity index (χ4n) is 8.40. The van der Waals surface area contributed by atoms with Gasteiger partial charge in [-0.05, 0) is 96.4 Å². The van der Waals surface area contributed by atoms with Gasteiger partial charge >= 0.3 is 0 Å². The molecule has 8 aromatic rings. The molecule has 0 fully saturated rings. The first-order chi connectivity index (χ1) is 38.3. The van der Waals surface area contributed by atoms with Crippen molar-refractivity contribution in [2.45, 2.75) is 130 Å². The quantitative estimate of drug-likeness (QED) is 0.169. The summed E-state index contributed by atoms with van der Waals surface area (Å²) in [5.74, 6) is -1.75. The van der Waals surface area contributed by atoms with E-state index in [0.29, 0.717) is 39.7 Å². The largest absolute Gasteiger partial charge is 0.507 e. The fourth-order valence-corrected chi connectivity index (χ4v) is 8.40. The Kier molecular flexibility index (Phi) is 8.18. The van der Waals surface area contributed by atoms with Crippen LogP contribution in [0.15, 0.2) is 134 Å². The number of hydrogen-bond donors (Lipinski definition) is 1. The molecule has 67 heavy (non-hydrogen) atoms. The molecule has 6 aromatic carbocycles. The van der Waals surface area contributed by atoms with Crippen LogP contribution in [0, 0.1) is 6.07 Å². The van der Waals surface area contributed by atoms with Gasteiger partial charge in [0, 0.05) is 63.2 Å². The van der Waals surface area contributed by atoms with Crippen molar-refractivity contribution in [1.29, 1.82) is 0 Å². The first-order valence-electron chi connectivity index (χ1n) is 31.0. The summed E-state index contributed by atoms with van der Waals surface area (Å²) in [6, 6.07) is 41.0. The number of hydrogen-bond acceptors (Lipinski definition) is 3. The zero-order valence-corrected chi connectivity index (χ0v) is 41.6. The van der Waals surface area contributed by atoms with Gasteiger partial charge in [-0.25, -0.2) is 4.98 Å². The summed E-state index contributed by atoms with van der Waals surface area (Å²) in [5.41, 5.74) is -3.84. The predicted molar refractivity (Wildman–Crippen MR) is 280 cm³/mol. The maximum absolute atomic E-state index is 13.1. The Morgan fingerprint density at radius 3 is 1.76 bits per heavy atom. The molecule has 5 heteroatoms. The first kappa shape index (κ1) is 30.7. The van der Waals surface area contributed by atoms with E-state index in [1.807, 2.05) is 108 Å². The van der Waals surface area contributed by atoms with E-state index in [9.17, 15) is 5.11 Å². The van der Waals surface area contributed by atoms with E-state index in [4.69, 9.17) is 34.6 Å². The van der Waals surface area contributed by atoms with Crippen LogP contribution in [-0.2, 0) is 48.1 Å². The van der Waals surface area contributed by atoms with Gasteiger partial charge in [0.2, 0.25) is 0 Å². The van der Waals surface area contributed by atoms with Crippen LogP contribution in [0.2, 0.25) is 0 Å². The monoisotopic (exact) mass is 1080 g/mol. The summed E-state index contributed by atoms with van der Waals surface area (Å²) >= 11 is 0. The van der Waals surface area contributed by atoms with Crippen LogP contribution in [-0.4, -0.2) is 19.6 Å². The van der Waals surface area contributed by atoms with E-state index in [0.717, 1.165) is 33.9 Å². The molecule has 0 aliphatic rings. The van der Waals surface area contributed by atoms with Crippen molar-refractivity contribution in [3.63, 3.8) is 0 Å². The molecule has 0 amide bonds. The van der Waals surface area contributed by atoms with Crippen molar-refractivity contribution in [1.82, 2.24) is 14.5 Å². The Labute approximate surface area is 440 Å². The number of aromatic hydroxyl groups is 1. The minimum atomic E-state index is -4.14. The second kappa shape index (κ2) is 17.8. The number of aromatic nitrogens is 3. The number of fused-ring (bicyclic) bond motifs is 1. The molecule has 0 atom stereocenters. The van der Waals surface area contributed by atoms with E-state index in [-0.39, 0.29) is 37.5 Å². The molecule has 0 saturated heterocycles. The molecule has 4 nitrogen and oxygen atoms in total. The normalized spacial score (nSPS) is 17.7. The van der Waals surface area contributed by atoms with Gasteiger partial charge in [-0.15, -0.1) is 29.3 Å². The summed E-state index contributed by atoms with van der Waals surface area (Å²) in [5, 5.41) is 13.1. The maximum Gasteiger partial charge on any atom is 0.148 e. The number of para-hydroxylation sites is 1. The molecule has 348 valence electrons. The number of nitrogens with zero attached hydrogens (tertiary/aromatic N) is 3. The molecular formula is C62H68N3OPt-. The van der Waals surface area contributed by atoms with E-state index < -0.39 is 91.0 Å². The summed E-state index contributed by atoms with van der Waals surface area (Å²) in [6.45, 7) is -6.15. The van der Waals surface area contributed by atoms with E-state index in [2.05, 4.69) is 51.1 Å². The van der Waals surface area contributed by atoms with Crippen LogP contribution in [0.25, 0.3) is 72.7 Å². The van der Waals surface area contributed by atoms with Crippen LogP contribution in [0.3, 0.4) is 0 Å². The van der Waals surface area contributed by atoms with Gasteiger partial charge in [0.05, 0.1) is 22.3 Å². The van der Waals surface area contributed by atoms with E-state index in [1.54, 1.807) is 35.0 Å². The molecule has 0 unspecified atom stereocenters. The number of phenols is 1. The van der Waals surface area contributed by atoms with Crippen LogP contribution < -0.4 is 0 Å². The molecule has 2 heterocycles. The third-order valence-electron chi connectivity index (χ3n) is 12.2. The average Bonchev–Trinajstić information content (AvgIpc) is 1.21. The molecule has 2 aromatic heterocycles. The number of benzene rings is 6. The molecule has 0 aliphatic carbocycles. The van der Waals surface area contributed by atoms with Crippen molar-refractivity contribution in [3.8, 4) is 67.5 Å². The van der Waals surface area contributed by atoms with Crippen molar-refractivity contribution in [2.75, 3.05) is 0 Å². The minimum absolute atomic E-state index is 0. The molecule has 8 rings (SSSR count). The number of rotatable bonds is 6. The van der Waals surface area contributed by atoms with Crippen LogP contribution in [0.4, 0.5) is 0 Å². The third-order valence-corrected chi connectivity index (χ3v) is 12.2. The van der Waals surface area contributed by atoms with Gasteiger partial charge < -0.3 is 5.11 Å². The van der Waals surface area contributed by atoms with E-state index in [1.165, 1.54) is 5.56 Å². The van der Waals surface area contributed by atoms with Gasteiger partial charge in [-0.3, -0.25) is 9.55 Å². The summed E-state index contributed by atoms with van der Waals surface area (Å²) in [7, 11) is 0. The first-order valence-corrected chi connectivity index (χ1v) is 22.0. The molecule has 0 saturated carbocycles. The number of pyridine rings is 1. The predicted octanol–water partition coefficient (Wildman–Crippen LogP) is 16.7. The maximum atomic E-state index is 13.1. The Balaban J connectivity index is 0.0000104. The van der Waals surface area contributed by atoms with Crippen LogP contribution in [0.5, 0.6) is 5.75 Å². The van der Waals surface area contributed by atoms with Gasteiger partial charge in [-0.1, -0.05) is 199 Å². The third kappa shape index (κ3) is 10.0. The minimum Gasteiger partial charge on any atom is -0.507 e. The van der Waals surface area contributed by atoms with Gasteiger partial charge in [0.25, 0.3) is 0 Å². The molecule has 0 bridgehead atoms. The number of imidazole rings is 1. The Hall–Kier alpha value is -5.57. The molecule has 1 N–H and O–H groups in total. The fraction of sp³-hybridized carbons (Fsp3) is 0.323. The van der Waals surface area contributed by atoms with Gasteiger partial charge in [0.1, 0.15) is 11.6 Å². The summed E-state index contributed by atoms with van der Waals surface area (Å²) in [4.78, 5) is 10.0. The zero-order chi connectivity index (χ0) is 62.7. The Bertz CT molecular complexity index is 3700. The molecule has 0 spiro atoms. The molecule has 0 aliphatic heterocycles. The van der Waals surface area contributed by atoms with Crippen molar-refractivity contribution < 1.29 is 50.8 Å². The molecular weight excluding hydrogens is 998 g/mol. The van der Waals surface area contributed by atoms with Crippen molar-refractivity contribution in [3.05, 3.63) is 167 Å². The van der Waals surface area contributed by atoms with Crippen molar-refractivity contribution in [2.24, 2.45) is 0 Å². The Morgan fingerprint density at radius 2 is 1.12 bits per heavy atom. The second-order valence-electron chi connectivity index (χ2n) is 20.4. The topological polar surface area (TPSA) is 50.9 Å². The van der Waals surface area contributed by atoms with Crippen molar-refractivity contribution >= 4 is 11.0 Å². The van der Waals surface area contributed by atoms with Gasteiger partial charge in [0.15, 0.2) is 0 Å². The van der Waals surface area contributed by atoms with Crippen LogP contribution in [0.1, 0.15) is 156 Å². The van der Waals surface area contributed by atoms with Gasteiger partial charge in [-0.2, -0.15) is 0 Å².